The minimum absolute atomic E-state index is 0.121. The van der Waals surface area contributed by atoms with Crippen LogP contribution in [0.5, 0.6) is 5.75 Å². The molecule has 61 heavy (non-hydrogen) atoms. The quantitative estimate of drug-likeness (QED) is 0.0954. The van der Waals surface area contributed by atoms with E-state index in [2.05, 4.69) is 41.9 Å². The largest absolute Gasteiger partial charge is 0.496 e. The molecule has 0 unspecified atom stereocenters. The number of amides is 5. The van der Waals surface area contributed by atoms with E-state index in [1.807, 2.05) is 58.0 Å². The van der Waals surface area contributed by atoms with Crippen LogP contribution in [0.15, 0.2) is 60.7 Å². The minimum Gasteiger partial charge on any atom is -0.496 e. The molecule has 1 atom stereocenters. The van der Waals surface area contributed by atoms with Crippen LogP contribution in [0.25, 0.3) is 22.5 Å². The Hall–Kier alpha value is -6.52. The fourth-order valence-corrected chi connectivity index (χ4v) is 7.80. The second-order valence-corrected chi connectivity index (χ2v) is 16.7. The van der Waals surface area contributed by atoms with E-state index in [9.17, 15) is 29.1 Å². The lowest BCUT2D eigenvalue weighted by atomic mass is 9.81. The molecule has 3 aromatic carbocycles. The average Bonchev–Trinajstić information content (AvgIpc) is 3.78. The van der Waals surface area contributed by atoms with Crippen molar-refractivity contribution in [2.45, 2.75) is 90.3 Å². The van der Waals surface area contributed by atoms with Gasteiger partial charge >= 0.3 is 12.2 Å². The summed E-state index contributed by atoms with van der Waals surface area (Å²) in [6.45, 7) is 8.55. The van der Waals surface area contributed by atoms with Gasteiger partial charge < -0.3 is 40.7 Å². The highest BCUT2D eigenvalue weighted by atomic mass is 16.6. The van der Waals surface area contributed by atoms with Gasteiger partial charge in [0.2, 0.25) is 17.6 Å². The lowest BCUT2D eigenvalue weighted by molar-refractivity contribution is -0.130. The summed E-state index contributed by atoms with van der Waals surface area (Å²) in [4.78, 5) is 66.0. The Morgan fingerprint density at radius 2 is 1.64 bits per heavy atom. The Morgan fingerprint density at radius 3 is 2.26 bits per heavy atom. The van der Waals surface area contributed by atoms with E-state index in [4.69, 9.17) is 9.47 Å². The van der Waals surface area contributed by atoms with E-state index in [0.717, 1.165) is 35.1 Å². The molecular formula is C44H55N9O8. The number of nitrogens with one attached hydrogen (secondary N) is 5. The molecule has 1 aliphatic heterocycles. The first kappa shape index (κ1) is 44.0. The minimum atomic E-state index is -0.954. The number of anilines is 1. The average molecular weight is 838 g/mol. The molecule has 0 spiro atoms. The number of aromatic amines is 1. The zero-order valence-electron chi connectivity index (χ0n) is 35.2. The Kier molecular flexibility index (Phi) is 14.2. The number of rotatable bonds is 13. The second kappa shape index (κ2) is 19.7. The number of nitrogens with zero attached hydrogens (tertiary/aromatic N) is 4. The normalized spacial score (nSPS) is 17.4. The van der Waals surface area contributed by atoms with Gasteiger partial charge in [0.25, 0.3) is 5.91 Å². The summed E-state index contributed by atoms with van der Waals surface area (Å²) in [6, 6.07) is 17.0. The first-order chi connectivity index (χ1) is 29.1. The Labute approximate surface area is 354 Å². The summed E-state index contributed by atoms with van der Waals surface area (Å²) in [5.74, 6) is 0.0785. The molecule has 2 fully saturated rings. The van der Waals surface area contributed by atoms with Crippen molar-refractivity contribution in [3.8, 4) is 28.3 Å². The molecule has 0 bridgehead atoms. The highest BCUT2D eigenvalue weighted by Crippen LogP contribution is 2.35. The SMILES string of the molecule is COc1ccc(C[C@H](NC(=O)[C@H]2CC[C@H](CNC(=O)OC(C)(C)C)CC2)C(=O)Nc2ccc(-c3nn[nH]n3)cc2)cc1-c1ccc(C(=O)NC2CCN(C(=O)O)CC2)cc1C. The van der Waals surface area contributed by atoms with E-state index < -0.39 is 29.7 Å². The van der Waals surface area contributed by atoms with E-state index in [-0.39, 0.29) is 36.1 Å². The number of aromatic nitrogens is 4. The van der Waals surface area contributed by atoms with Crippen LogP contribution in [0, 0.1) is 18.8 Å². The van der Waals surface area contributed by atoms with E-state index >= 15 is 0 Å². The first-order valence-electron chi connectivity index (χ1n) is 20.6. The number of methoxy groups -OCH3 is 1. The fourth-order valence-electron chi connectivity index (χ4n) is 7.80. The van der Waals surface area contributed by atoms with Crippen molar-refractivity contribution in [1.82, 2.24) is 41.5 Å². The Morgan fingerprint density at radius 1 is 0.918 bits per heavy atom. The Balaban J connectivity index is 1.16. The number of ether oxygens (including phenoxy) is 2. The fraction of sp³-hybridized carbons (Fsp3) is 0.455. The maximum absolute atomic E-state index is 14.1. The number of alkyl carbamates (subject to hydrolysis) is 1. The van der Waals surface area contributed by atoms with Gasteiger partial charge in [-0.05, 0) is 143 Å². The molecule has 1 saturated heterocycles. The summed E-state index contributed by atoms with van der Waals surface area (Å²) in [5, 5.41) is 35.2. The van der Waals surface area contributed by atoms with Crippen LogP contribution >= 0.6 is 0 Å². The molecule has 6 rings (SSSR count). The number of aryl methyl sites for hydroxylation is 1. The summed E-state index contributed by atoms with van der Waals surface area (Å²) in [5.41, 5.74) is 4.31. The molecule has 2 heterocycles. The van der Waals surface area contributed by atoms with Crippen LogP contribution in [-0.2, 0) is 20.7 Å². The van der Waals surface area contributed by atoms with Crippen molar-refractivity contribution >= 4 is 35.6 Å². The number of carboxylic acid groups (broad SMARTS) is 1. The van der Waals surface area contributed by atoms with Gasteiger partial charge in [0.15, 0.2) is 0 Å². The maximum atomic E-state index is 14.1. The molecule has 1 aliphatic carbocycles. The molecule has 4 aromatic rings. The van der Waals surface area contributed by atoms with E-state index in [1.54, 1.807) is 37.4 Å². The molecule has 0 radical (unpaired) electrons. The molecule has 17 heteroatoms. The number of benzene rings is 3. The van der Waals surface area contributed by atoms with Crippen LogP contribution < -0.4 is 26.0 Å². The lowest BCUT2D eigenvalue weighted by Gasteiger charge is -2.30. The van der Waals surface area contributed by atoms with Crippen LogP contribution in [0.1, 0.15) is 80.8 Å². The predicted octanol–water partition coefficient (Wildman–Crippen LogP) is 5.72. The molecule has 1 aromatic heterocycles. The number of carbonyl (C=O) groups excluding carboxylic acids is 4. The van der Waals surface area contributed by atoms with Crippen molar-refractivity contribution in [3.05, 3.63) is 77.4 Å². The molecular weight excluding hydrogens is 783 g/mol. The first-order valence-corrected chi connectivity index (χ1v) is 20.6. The highest BCUT2D eigenvalue weighted by molar-refractivity contribution is 5.98. The maximum Gasteiger partial charge on any atom is 0.407 e. The standard InChI is InChI=1S/C44H55N9O8/c1-26-22-31(40(55)46-33-18-20-53(21-19-33)43(58)59)13-16-34(26)35-23-28(8-17-37(35)60-5)24-36(41(56)47-32-14-11-29(12-15-32)38-49-51-52-50-38)48-39(54)30-9-6-27(7-10-30)25-45-42(57)61-44(2,3)4/h8,11-17,22-23,27,30,33,36H,6-7,9-10,18-21,24-25H2,1-5H3,(H,45,57)(H,46,55)(H,47,56)(H,48,54)(H,58,59)(H,49,50,51,52)/t27-,30-,36-/m0/s1. The van der Waals surface area contributed by atoms with Gasteiger partial charge in [0.05, 0.1) is 7.11 Å². The van der Waals surface area contributed by atoms with Crippen molar-refractivity contribution in [3.63, 3.8) is 0 Å². The highest BCUT2D eigenvalue weighted by Gasteiger charge is 2.31. The molecule has 2 aliphatic rings. The zero-order chi connectivity index (χ0) is 43.7. The number of tetrazole rings is 1. The van der Waals surface area contributed by atoms with Crippen molar-refractivity contribution in [1.29, 1.82) is 0 Å². The van der Waals surface area contributed by atoms with Crippen LogP contribution in [-0.4, -0.2) is 105 Å². The topological polar surface area (TPSA) is 230 Å². The predicted molar refractivity (Wildman–Crippen MR) is 227 cm³/mol. The van der Waals surface area contributed by atoms with Crippen molar-refractivity contribution in [2.75, 3.05) is 32.1 Å². The zero-order valence-corrected chi connectivity index (χ0v) is 35.2. The van der Waals surface area contributed by atoms with Gasteiger partial charge in [-0.25, -0.2) is 9.59 Å². The number of H-pyrrole nitrogens is 1. The molecule has 17 nitrogen and oxygen atoms in total. The lowest BCUT2D eigenvalue weighted by Crippen LogP contribution is -2.48. The van der Waals surface area contributed by atoms with Crippen LogP contribution in [0.4, 0.5) is 15.3 Å². The van der Waals surface area contributed by atoms with E-state index in [1.165, 1.54) is 4.90 Å². The monoisotopic (exact) mass is 837 g/mol. The van der Waals surface area contributed by atoms with E-state index in [0.29, 0.717) is 73.7 Å². The third kappa shape index (κ3) is 12.0. The number of hydrogen-bond donors (Lipinski definition) is 6. The van der Waals surface area contributed by atoms with Gasteiger partial charge in [-0.2, -0.15) is 5.21 Å². The summed E-state index contributed by atoms with van der Waals surface area (Å²) < 4.78 is 11.1. The third-order valence-corrected chi connectivity index (χ3v) is 11.1. The third-order valence-electron chi connectivity index (χ3n) is 11.1. The van der Waals surface area contributed by atoms with Gasteiger partial charge in [0.1, 0.15) is 17.4 Å². The summed E-state index contributed by atoms with van der Waals surface area (Å²) in [7, 11) is 1.58. The molecule has 324 valence electrons. The van der Waals surface area contributed by atoms with Crippen molar-refractivity contribution in [2.24, 2.45) is 11.8 Å². The Bertz CT molecular complexity index is 2170. The van der Waals surface area contributed by atoms with Gasteiger partial charge in [0, 0.05) is 60.4 Å². The van der Waals surface area contributed by atoms with Gasteiger partial charge in [-0.1, -0.05) is 12.1 Å². The number of hydrogen-bond acceptors (Lipinski definition) is 10. The van der Waals surface area contributed by atoms with Crippen LogP contribution in [0.3, 0.4) is 0 Å². The summed E-state index contributed by atoms with van der Waals surface area (Å²) >= 11 is 0. The number of piperidine rings is 1. The number of likely N-dealkylation sites (tertiary alicyclic amines) is 1. The smallest absolute Gasteiger partial charge is 0.407 e. The summed E-state index contributed by atoms with van der Waals surface area (Å²) in [6.07, 6.45) is 2.55. The second-order valence-electron chi connectivity index (χ2n) is 16.7. The molecule has 5 amide bonds. The van der Waals surface area contributed by atoms with Crippen LogP contribution in [0.2, 0.25) is 0 Å². The number of carbonyl (C=O) groups is 5. The molecule has 1 saturated carbocycles. The van der Waals surface area contributed by atoms with Gasteiger partial charge in [-0.15, -0.1) is 10.2 Å². The molecule has 6 N–H and O–H groups in total. The van der Waals surface area contributed by atoms with Gasteiger partial charge in [-0.3, -0.25) is 14.4 Å². The van der Waals surface area contributed by atoms with Crippen molar-refractivity contribution < 1.29 is 38.6 Å².